The number of anilines is 1. The Morgan fingerprint density at radius 1 is 0.943 bits per heavy atom. The molecule has 0 aliphatic carbocycles. The number of hydrogen-bond acceptors (Lipinski definition) is 7. The van der Waals surface area contributed by atoms with Crippen molar-refractivity contribution in [1.82, 2.24) is 34.8 Å². The van der Waals surface area contributed by atoms with Crippen molar-refractivity contribution in [3.05, 3.63) is 72.2 Å². The number of hydrogen-bond donors (Lipinski definition) is 1. The minimum absolute atomic E-state index is 0.401. The molecule has 0 radical (unpaired) electrons. The van der Waals surface area contributed by atoms with Crippen molar-refractivity contribution in [2.24, 2.45) is 0 Å². The number of H-pyrrole nitrogens is 1. The predicted molar refractivity (Wildman–Crippen MR) is 131 cm³/mol. The van der Waals surface area contributed by atoms with Crippen LogP contribution in [-0.4, -0.2) is 72.7 Å². The molecule has 1 aliphatic rings. The van der Waals surface area contributed by atoms with Gasteiger partial charge in [-0.25, -0.2) is 9.97 Å². The Labute approximate surface area is 200 Å². The Hall–Kier alpha value is -4.60. The van der Waals surface area contributed by atoms with Crippen molar-refractivity contribution in [2.75, 3.05) is 31.1 Å². The number of benzene rings is 2. The van der Waals surface area contributed by atoms with Gasteiger partial charge in [-0.3, -0.25) is 9.59 Å². The lowest BCUT2D eigenvalue weighted by Gasteiger charge is -2.34. The van der Waals surface area contributed by atoms with E-state index in [2.05, 4.69) is 30.2 Å². The molecule has 6 rings (SSSR count). The summed E-state index contributed by atoms with van der Waals surface area (Å²) in [5.74, 6) is -0.322. The van der Waals surface area contributed by atoms with Crippen LogP contribution in [0.15, 0.2) is 61.1 Å². The number of carbonyl (C=O) groups excluding carboxylic acids is 2. The second-order valence-corrected chi connectivity index (χ2v) is 8.56. The quantitative estimate of drug-likeness (QED) is 0.320. The number of ketones is 1. The van der Waals surface area contributed by atoms with Gasteiger partial charge in [-0.2, -0.15) is 4.68 Å². The van der Waals surface area contributed by atoms with Gasteiger partial charge in [0.15, 0.2) is 17.0 Å². The molecule has 1 fully saturated rings. The molecule has 10 heteroatoms. The van der Waals surface area contributed by atoms with Crippen LogP contribution in [0.1, 0.15) is 15.9 Å². The van der Waals surface area contributed by atoms with Crippen LogP contribution in [0.4, 0.5) is 5.82 Å². The van der Waals surface area contributed by atoms with Gasteiger partial charge in [-0.1, -0.05) is 41.1 Å². The Morgan fingerprint density at radius 3 is 2.51 bits per heavy atom. The number of Topliss-reactive ketones (excluding diaryl/α,β-unsaturated/α-hetero) is 1. The molecule has 1 saturated heterocycles. The molecule has 2 aromatic carbocycles. The van der Waals surface area contributed by atoms with Gasteiger partial charge in [0.1, 0.15) is 6.33 Å². The number of rotatable bonds is 4. The molecule has 1 aliphatic heterocycles. The highest BCUT2D eigenvalue weighted by Gasteiger charge is 2.29. The minimum Gasteiger partial charge on any atom is -0.360 e. The maximum atomic E-state index is 13.0. The van der Waals surface area contributed by atoms with Gasteiger partial charge in [0.05, 0.1) is 11.3 Å². The Balaban J connectivity index is 1.20. The first-order valence-electron chi connectivity index (χ1n) is 11.4. The average Bonchev–Trinajstić information content (AvgIpc) is 3.53. The average molecular weight is 467 g/mol. The van der Waals surface area contributed by atoms with Crippen molar-refractivity contribution in [3.8, 4) is 5.69 Å². The lowest BCUT2D eigenvalue weighted by atomic mass is 10.1. The highest BCUT2D eigenvalue weighted by molar-refractivity contribution is 6.44. The van der Waals surface area contributed by atoms with E-state index in [1.54, 1.807) is 15.8 Å². The van der Waals surface area contributed by atoms with E-state index in [0.717, 1.165) is 22.2 Å². The fraction of sp³-hybridized carbons (Fsp3) is 0.200. The van der Waals surface area contributed by atoms with Gasteiger partial charge >= 0.3 is 0 Å². The molecule has 1 N–H and O–H groups in total. The van der Waals surface area contributed by atoms with E-state index in [4.69, 9.17) is 0 Å². The molecule has 1 amide bonds. The number of aromatic amines is 1. The van der Waals surface area contributed by atoms with E-state index in [1.807, 2.05) is 55.5 Å². The molecule has 10 nitrogen and oxygen atoms in total. The van der Waals surface area contributed by atoms with Gasteiger partial charge < -0.3 is 14.8 Å². The lowest BCUT2D eigenvalue weighted by molar-refractivity contribution is -0.126. The van der Waals surface area contributed by atoms with Crippen LogP contribution in [0, 0.1) is 6.92 Å². The summed E-state index contributed by atoms with van der Waals surface area (Å²) in [6.07, 6.45) is 3.11. The van der Waals surface area contributed by atoms with E-state index in [-0.39, 0.29) is 0 Å². The zero-order valence-electron chi connectivity index (χ0n) is 19.0. The maximum absolute atomic E-state index is 13.0. The Kier molecular flexibility index (Phi) is 4.98. The van der Waals surface area contributed by atoms with Crippen molar-refractivity contribution >= 4 is 39.6 Å². The van der Waals surface area contributed by atoms with Gasteiger partial charge in [0.25, 0.3) is 11.7 Å². The van der Waals surface area contributed by atoms with Crippen LogP contribution in [0.5, 0.6) is 0 Å². The Bertz CT molecular complexity index is 1560. The van der Waals surface area contributed by atoms with Crippen LogP contribution in [0.25, 0.3) is 27.8 Å². The highest BCUT2D eigenvalue weighted by atomic mass is 16.2. The molecule has 4 heterocycles. The number of para-hydroxylation sites is 1. The maximum Gasteiger partial charge on any atom is 0.295 e. The summed E-state index contributed by atoms with van der Waals surface area (Å²) in [5.41, 5.74) is 4.48. The molecular weight excluding hydrogens is 444 g/mol. The number of aromatic nitrogens is 6. The SMILES string of the molecule is Cc1ccc(-n2nnc3c(N4CCN(C(=O)C(=O)c5c[nH]c6ccccc56)CC4)ncnc32)cc1. The van der Waals surface area contributed by atoms with Crippen LogP contribution >= 0.6 is 0 Å². The summed E-state index contributed by atoms with van der Waals surface area (Å²) in [5, 5.41) is 9.40. The van der Waals surface area contributed by atoms with Gasteiger partial charge in [0.2, 0.25) is 0 Å². The molecule has 0 spiro atoms. The topological polar surface area (TPSA) is 113 Å². The summed E-state index contributed by atoms with van der Waals surface area (Å²) in [6, 6.07) is 15.4. The highest BCUT2D eigenvalue weighted by Crippen LogP contribution is 2.24. The van der Waals surface area contributed by atoms with Crippen LogP contribution in [0.3, 0.4) is 0 Å². The first-order chi connectivity index (χ1) is 17.1. The van der Waals surface area contributed by atoms with Crippen molar-refractivity contribution in [2.45, 2.75) is 6.92 Å². The smallest absolute Gasteiger partial charge is 0.295 e. The molecule has 0 saturated carbocycles. The normalized spacial score (nSPS) is 14.1. The first-order valence-corrected chi connectivity index (χ1v) is 11.4. The molecular formula is C25H22N8O2. The number of nitrogens with one attached hydrogen (secondary N) is 1. The fourth-order valence-electron chi connectivity index (χ4n) is 4.47. The zero-order valence-corrected chi connectivity index (χ0v) is 19.0. The summed E-state index contributed by atoms with van der Waals surface area (Å²) < 4.78 is 1.69. The van der Waals surface area contributed by atoms with E-state index in [0.29, 0.717) is 48.7 Å². The third-order valence-corrected chi connectivity index (χ3v) is 6.39. The molecule has 0 unspecified atom stereocenters. The van der Waals surface area contributed by atoms with E-state index >= 15 is 0 Å². The molecule has 174 valence electrons. The second kappa shape index (κ2) is 8.32. The number of fused-ring (bicyclic) bond motifs is 2. The summed E-state index contributed by atoms with van der Waals surface area (Å²) in [4.78, 5) is 41.5. The van der Waals surface area contributed by atoms with Crippen molar-refractivity contribution in [3.63, 3.8) is 0 Å². The summed E-state index contributed by atoms with van der Waals surface area (Å²) in [7, 11) is 0. The minimum atomic E-state index is -0.499. The first kappa shape index (κ1) is 21.0. The molecule has 5 aromatic rings. The standard InChI is InChI=1S/C25H22N8O2/c1-16-6-8-17(9-7-16)33-24-21(29-30-33)23(27-15-28-24)31-10-12-32(13-11-31)25(35)22(34)19-14-26-20-5-3-2-4-18(19)20/h2-9,14-15,26H,10-13H2,1H3. The van der Waals surface area contributed by atoms with Gasteiger partial charge in [-0.15, -0.1) is 5.10 Å². The number of aryl methyl sites for hydroxylation is 1. The third kappa shape index (κ3) is 3.59. The number of amides is 1. The predicted octanol–water partition coefficient (Wildman–Crippen LogP) is 2.53. The van der Waals surface area contributed by atoms with E-state index < -0.39 is 11.7 Å². The van der Waals surface area contributed by atoms with Crippen LogP contribution < -0.4 is 4.90 Å². The van der Waals surface area contributed by atoms with Gasteiger partial charge in [-0.05, 0) is 25.1 Å². The Morgan fingerprint density at radius 2 is 1.71 bits per heavy atom. The molecule has 35 heavy (non-hydrogen) atoms. The second-order valence-electron chi connectivity index (χ2n) is 8.56. The number of nitrogens with zero attached hydrogens (tertiary/aromatic N) is 7. The lowest BCUT2D eigenvalue weighted by Crippen LogP contribution is -2.51. The molecule has 3 aromatic heterocycles. The van der Waals surface area contributed by atoms with Crippen LogP contribution in [-0.2, 0) is 4.79 Å². The van der Waals surface area contributed by atoms with Crippen molar-refractivity contribution < 1.29 is 9.59 Å². The van der Waals surface area contributed by atoms with E-state index in [9.17, 15) is 9.59 Å². The van der Waals surface area contributed by atoms with Crippen molar-refractivity contribution in [1.29, 1.82) is 0 Å². The number of piperazine rings is 1. The summed E-state index contributed by atoms with van der Waals surface area (Å²) in [6.45, 7) is 3.89. The fourth-order valence-corrected chi connectivity index (χ4v) is 4.47. The number of carbonyl (C=O) groups is 2. The third-order valence-electron chi connectivity index (χ3n) is 6.39. The monoisotopic (exact) mass is 466 g/mol. The zero-order chi connectivity index (χ0) is 23.9. The van der Waals surface area contributed by atoms with Gasteiger partial charge in [0, 0.05) is 43.3 Å². The van der Waals surface area contributed by atoms with E-state index in [1.165, 1.54) is 6.33 Å². The van der Waals surface area contributed by atoms with Crippen LogP contribution in [0.2, 0.25) is 0 Å². The summed E-state index contributed by atoms with van der Waals surface area (Å²) >= 11 is 0. The largest absolute Gasteiger partial charge is 0.360 e. The molecule has 0 bridgehead atoms. The molecule has 0 atom stereocenters.